The van der Waals surface area contributed by atoms with Gasteiger partial charge in [0.15, 0.2) is 5.69 Å². The Balaban J connectivity index is 2.09. The van der Waals surface area contributed by atoms with Crippen LogP contribution in [0, 0.1) is 12.8 Å². The number of carbonyl (C=O) groups excluding carboxylic acids is 1. The molecule has 0 aliphatic carbocycles. The average Bonchev–Trinajstić information content (AvgIpc) is 2.89. The summed E-state index contributed by atoms with van der Waals surface area (Å²) in [6, 6.07) is 12.0. The Hall–Kier alpha value is -2.10. The van der Waals surface area contributed by atoms with Crippen molar-refractivity contribution >= 4 is 5.97 Å². The second kappa shape index (κ2) is 7.25. The van der Waals surface area contributed by atoms with Gasteiger partial charge in [-0.15, -0.1) is 0 Å². The van der Waals surface area contributed by atoms with Gasteiger partial charge >= 0.3 is 5.97 Å². The van der Waals surface area contributed by atoms with Crippen LogP contribution in [0.25, 0.3) is 0 Å². The zero-order valence-electron chi connectivity index (χ0n) is 13.7. The van der Waals surface area contributed by atoms with Crippen LogP contribution >= 0.6 is 0 Å². The molecule has 0 fully saturated rings. The van der Waals surface area contributed by atoms with Crippen LogP contribution in [-0.2, 0) is 4.74 Å². The zero-order chi connectivity index (χ0) is 16.1. The van der Waals surface area contributed by atoms with E-state index in [1.807, 2.05) is 29.8 Å². The lowest BCUT2D eigenvalue weighted by Gasteiger charge is -2.14. The summed E-state index contributed by atoms with van der Waals surface area (Å²) in [5, 5.41) is 4.43. The minimum absolute atomic E-state index is 0.0819. The number of aryl methyl sites for hydroxylation is 1. The number of aromatic nitrogens is 2. The van der Waals surface area contributed by atoms with Crippen LogP contribution in [0.2, 0.25) is 0 Å². The number of esters is 1. The number of hydrogen-bond donors (Lipinski definition) is 0. The topological polar surface area (TPSA) is 44.1 Å². The van der Waals surface area contributed by atoms with Crippen molar-refractivity contribution in [1.29, 1.82) is 0 Å². The van der Waals surface area contributed by atoms with Gasteiger partial charge in [0.2, 0.25) is 0 Å². The molecule has 22 heavy (non-hydrogen) atoms. The van der Waals surface area contributed by atoms with Gasteiger partial charge in [-0.05, 0) is 37.8 Å². The standard InChI is InChI=1S/C18H24N2O2/c1-13(2)10-11-22-18(21)17-12-14(3)20(19-17)15(4)16-8-6-5-7-9-16/h5-9,12-13,15H,10-11H2,1-4H3. The largest absolute Gasteiger partial charge is 0.461 e. The van der Waals surface area contributed by atoms with Crippen molar-refractivity contribution in [2.45, 2.75) is 40.2 Å². The summed E-state index contributed by atoms with van der Waals surface area (Å²) >= 11 is 0. The maximum absolute atomic E-state index is 12.1. The van der Waals surface area contributed by atoms with Crippen molar-refractivity contribution in [3.63, 3.8) is 0 Å². The van der Waals surface area contributed by atoms with Gasteiger partial charge in [0, 0.05) is 5.69 Å². The van der Waals surface area contributed by atoms with Crippen LogP contribution in [0.3, 0.4) is 0 Å². The van der Waals surface area contributed by atoms with Crippen molar-refractivity contribution in [2.75, 3.05) is 6.61 Å². The van der Waals surface area contributed by atoms with Crippen molar-refractivity contribution in [3.8, 4) is 0 Å². The average molecular weight is 300 g/mol. The molecule has 2 aromatic rings. The Morgan fingerprint density at radius 3 is 2.55 bits per heavy atom. The van der Waals surface area contributed by atoms with Crippen molar-refractivity contribution in [2.24, 2.45) is 5.92 Å². The third-order valence-corrected chi connectivity index (χ3v) is 3.71. The van der Waals surface area contributed by atoms with Crippen LogP contribution in [0.1, 0.15) is 55.0 Å². The molecule has 118 valence electrons. The van der Waals surface area contributed by atoms with E-state index in [0.717, 1.165) is 17.7 Å². The molecule has 1 unspecified atom stereocenters. The van der Waals surface area contributed by atoms with Gasteiger partial charge in [0.05, 0.1) is 12.6 Å². The zero-order valence-corrected chi connectivity index (χ0v) is 13.7. The fraction of sp³-hybridized carbons (Fsp3) is 0.444. The monoisotopic (exact) mass is 300 g/mol. The Morgan fingerprint density at radius 1 is 1.23 bits per heavy atom. The van der Waals surface area contributed by atoms with Crippen LogP contribution in [0.5, 0.6) is 0 Å². The van der Waals surface area contributed by atoms with Gasteiger partial charge in [0.25, 0.3) is 0 Å². The Bertz CT molecular complexity index is 617. The molecular weight excluding hydrogens is 276 g/mol. The lowest BCUT2D eigenvalue weighted by molar-refractivity contribution is 0.0480. The minimum Gasteiger partial charge on any atom is -0.461 e. The normalized spacial score (nSPS) is 12.4. The first-order valence-corrected chi connectivity index (χ1v) is 7.77. The van der Waals surface area contributed by atoms with Crippen LogP contribution in [-0.4, -0.2) is 22.4 Å². The third kappa shape index (κ3) is 3.97. The van der Waals surface area contributed by atoms with Gasteiger partial charge in [-0.1, -0.05) is 44.2 Å². The first kappa shape index (κ1) is 16.3. The molecule has 1 aromatic heterocycles. The Morgan fingerprint density at radius 2 is 1.91 bits per heavy atom. The van der Waals surface area contributed by atoms with E-state index >= 15 is 0 Å². The second-order valence-corrected chi connectivity index (χ2v) is 6.02. The molecule has 0 bridgehead atoms. The number of carbonyl (C=O) groups is 1. The van der Waals surface area contributed by atoms with Gasteiger partial charge in [-0.25, -0.2) is 4.79 Å². The predicted molar refractivity (Wildman–Crippen MR) is 87.0 cm³/mol. The highest BCUT2D eigenvalue weighted by Gasteiger charge is 2.17. The predicted octanol–water partition coefficient (Wildman–Crippen LogP) is 4.00. The fourth-order valence-corrected chi connectivity index (χ4v) is 2.31. The van der Waals surface area contributed by atoms with Crippen molar-refractivity contribution in [1.82, 2.24) is 9.78 Å². The lowest BCUT2D eigenvalue weighted by Crippen LogP contribution is -2.13. The van der Waals surface area contributed by atoms with Crippen molar-refractivity contribution in [3.05, 3.63) is 53.3 Å². The number of benzene rings is 1. The number of rotatable bonds is 6. The molecule has 0 saturated carbocycles. The number of nitrogens with zero attached hydrogens (tertiary/aromatic N) is 2. The van der Waals surface area contributed by atoms with Crippen LogP contribution in [0.15, 0.2) is 36.4 Å². The summed E-state index contributed by atoms with van der Waals surface area (Å²) in [5.74, 6) is 0.174. The van der Waals surface area contributed by atoms with Gasteiger partial charge in [-0.3, -0.25) is 4.68 Å². The molecule has 0 radical (unpaired) electrons. The van der Waals surface area contributed by atoms with E-state index in [4.69, 9.17) is 4.74 Å². The van der Waals surface area contributed by atoms with Gasteiger partial charge in [0.1, 0.15) is 0 Å². The van der Waals surface area contributed by atoms with Crippen molar-refractivity contribution < 1.29 is 9.53 Å². The first-order valence-electron chi connectivity index (χ1n) is 7.77. The highest BCUT2D eigenvalue weighted by Crippen LogP contribution is 2.19. The molecule has 0 amide bonds. The molecular formula is C18H24N2O2. The highest BCUT2D eigenvalue weighted by atomic mass is 16.5. The minimum atomic E-state index is -0.345. The van der Waals surface area contributed by atoms with E-state index in [-0.39, 0.29) is 12.0 Å². The molecule has 1 heterocycles. The van der Waals surface area contributed by atoms with E-state index < -0.39 is 0 Å². The van der Waals surface area contributed by atoms with E-state index in [0.29, 0.717) is 18.2 Å². The molecule has 0 spiro atoms. The third-order valence-electron chi connectivity index (χ3n) is 3.71. The quantitative estimate of drug-likeness (QED) is 0.757. The van der Waals surface area contributed by atoms with Crippen LogP contribution in [0.4, 0.5) is 0 Å². The van der Waals surface area contributed by atoms with Gasteiger partial charge in [-0.2, -0.15) is 5.10 Å². The molecule has 0 aliphatic heterocycles. The number of hydrogen-bond acceptors (Lipinski definition) is 3. The molecule has 4 nitrogen and oxygen atoms in total. The SMILES string of the molecule is Cc1cc(C(=O)OCCC(C)C)nn1C(C)c1ccccc1. The van der Waals surface area contributed by atoms with E-state index in [9.17, 15) is 4.79 Å². The first-order chi connectivity index (χ1) is 10.5. The van der Waals surface area contributed by atoms with E-state index in [1.165, 1.54) is 0 Å². The molecule has 1 aromatic carbocycles. The summed E-state index contributed by atoms with van der Waals surface area (Å²) in [5.41, 5.74) is 2.49. The summed E-state index contributed by atoms with van der Waals surface area (Å²) < 4.78 is 7.15. The molecule has 2 rings (SSSR count). The molecule has 1 atom stereocenters. The maximum Gasteiger partial charge on any atom is 0.358 e. The van der Waals surface area contributed by atoms with Crippen LogP contribution < -0.4 is 0 Å². The summed E-state index contributed by atoms with van der Waals surface area (Å²) in [6.07, 6.45) is 0.867. The molecule has 0 aliphatic rings. The molecule has 4 heteroatoms. The summed E-state index contributed by atoms with van der Waals surface area (Å²) in [4.78, 5) is 12.1. The number of ether oxygens (including phenoxy) is 1. The second-order valence-electron chi connectivity index (χ2n) is 6.02. The maximum atomic E-state index is 12.1. The van der Waals surface area contributed by atoms with Gasteiger partial charge < -0.3 is 4.74 Å². The molecule has 0 N–H and O–H groups in total. The van der Waals surface area contributed by atoms with E-state index in [2.05, 4.69) is 38.0 Å². The fourth-order valence-electron chi connectivity index (χ4n) is 2.31. The lowest BCUT2D eigenvalue weighted by atomic mass is 10.1. The Kier molecular flexibility index (Phi) is 5.36. The Labute approximate surface area is 132 Å². The summed E-state index contributed by atoms with van der Waals surface area (Å²) in [7, 11) is 0. The molecule has 0 saturated heterocycles. The summed E-state index contributed by atoms with van der Waals surface area (Å²) in [6.45, 7) is 8.68. The van der Waals surface area contributed by atoms with E-state index in [1.54, 1.807) is 6.07 Å². The highest BCUT2D eigenvalue weighted by molar-refractivity contribution is 5.87. The smallest absolute Gasteiger partial charge is 0.358 e.